The third kappa shape index (κ3) is 4.93. The fourth-order valence-corrected chi connectivity index (χ4v) is 12.4. The van der Waals surface area contributed by atoms with Crippen LogP contribution in [0.5, 0.6) is 0 Å². The van der Waals surface area contributed by atoms with Crippen molar-refractivity contribution in [1.82, 2.24) is 4.57 Å². The third-order valence-corrected chi connectivity index (χ3v) is 15.5. The Hall–Kier alpha value is -6.56. The third-order valence-electron chi connectivity index (χ3n) is 14.4. The smallest absolute Gasteiger partial charge is 0.333 e. The van der Waals surface area contributed by atoms with Gasteiger partial charge >= 0.3 is 6.85 Å². The van der Waals surface area contributed by atoms with E-state index in [2.05, 4.69) is 212 Å². The van der Waals surface area contributed by atoms with E-state index in [4.69, 9.17) is 0 Å². The molecular formula is C56H44BN3S. The summed E-state index contributed by atoms with van der Waals surface area (Å²) in [6.45, 7) is 9.72. The standard InChI is InChI=1S/C56H44BN3S/c1-55(2)28-29-56(3,4)46-31-37(26-27-45(46)55)60-49-34-52-43(40-21-12-14-25-51(40)61-52)33-42(49)44-30-38(58(35-16-7-5-8-17-35)36-18-9-6-10-19-36)32-50-53(44)57(60)47-23-15-22-41-39-20-11-13-24-48(39)59(50)54(41)47/h5-27,30-34H,28-29H2,1-4H3. The van der Waals surface area contributed by atoms with E-state index in [-0.39, 0.29) is 17.7 Å². The second-order valence-corrected chi connectivity index (χ2v) is 19.8. The minimum atomic E-state index is -0.0569. The molecule has 5 heteroatoms. The number of para-hydroxylation sites is 4. The molecular weight excluding hydrogens is 758 g/mol. The second kappa shape index (κ2) is 12.5. The van der Waals surface area contributed by atoms with Crippen molar-refractivity contribution in [2.24, 2.45) is 0 Å². The van der Waals surface area contributed by atoms with Crippen LogP contribution in [0.3, 0.4) is 0 Å². The first-order chi connectivity index (χ1) is 29.7. The molecule has 10 aromatic rings. The van der Waals surface area contributed by atoms with E-state index in [0.717, 1.165) is 17.1 Å². The van der Waals surface area contributed by atoms with Gasteiger partial charge in [-0.3, -0.25) is 0 Å². The lowest BCUT2D eigenvalue weighted by Gasteiger charge is -2.45. The molecule has 3 nitrogen and oxygen atoms in total. The average molecular weight is 802 g/mol. The number of aromatic nitrogens is 1. The van der Waals surface area contributed by atoms with E-state index in [0.29, 0.717) is 0 Å². The fourth-order valence-electron chi connectivity index (χ4n) is 11.3. The van der Waals surface area contributed by atoms with Crippen LogP contribution >= 0.6 is 11.3 Å². The van der Waals surface area contributed by atoms with Crippen LogP contribution in [0.1, 0.15) is 51.7 Å². The maximum atomic E-state index is 2.73. The maximum absolute atomic E-state index is 2.73. The highest BCUT2D eigenvalue weighted by Crippen LogP contribution is 2.52. The highest BCUT2D eigenvalue weighted by Gasteiger charge is 2.45. The van der Waals surface area contributed by atoms with E-state index in [1.807, 2.05) is 11.3 Å². The van der Waals surface area contributed by atoms with Crippen molar-refractivity contribution < 1.29 is 0 Å². The predicted molar refractivity (Wildman–Crippen MR) is 263 cm³/mol. The summed E-state index contributed by atoms with van der Waals surface area (Å²) in [6, 6.07) is 64.2. The number of nitrogens with zero attached hydrogens (tertiary/aromatic N) is 3. The van der Waals surface area contributed by atoms with Crippen molar-refractivity contribution in [1.29, 1.82) is 0 Å². The normalized spacial score (nSPS) is 15.6. The summed E-state index contributed by atoms with van der Waals surface area (Å²) in [5.41, 5.74) is 18.1. The Morgan fingerprint density at radius 3 is 1.95 bits per heavy atom. The highest BCUT2D eigenvalue weighted by atomic mass is 32.1. The van der Waals surface area contributed by atoms with Crippen LogP contribution in [0.2, 0.25) is 0 Å². The van der Waals surface area contributed by atoms with E-state index in [1.165, 1.54) is 105 Å². The fraction of sp³-hybridized carbons (Fsp3) is 0.143. The number of benzene rings is 8. The van der Waals surface area contributed by atoms with Gasteiger partial charge in [-0.2, -0.15) is 0 Å². The molecule has 0 unspecified atom stereocenters. The van der Waals surface area contributed by atoms with Crippen LogP contribution in [-0.4, -0.2) is 11.4 Å². The lowest BCUT2D eigenvalue weighted by molar-refractivity contribution is 0.332. The molecule has 8 aromatic carbocycles. The molecule has 0 amide bonds. The largest absolute Gasteiger partial charge is 0.376 e. The lowest BCUT2D eigenvalue weighted by Crippen LogP contribution is -2.60. The monoisotopic (exact) mass is 801 g/mol. The topological polar surface area (TPSA) is 11.4 Å². The molecule has 2 aromatic heterocycles. The summed E-state index contributed by atoms with van der Waals surface area (Å²) in [5.74, 6) is 0. The first-order valence-electron chi connectivity index (χ1n) is 21.8. The lowest BCUT2D eigenvalue weighted by atomic mass is 9.44. The van der Waals surface area contributed by atoms with Crippen molar-refractivity contribution in [3.63, 3.8) is 0 Å². The van der Waals surface area contributed by atoms with Crippen molar-refractivity contribution in [2.75, 3.05) is 9.71 Å². The molecule has 0 radical (unpaired) electrons. The minimum absolute atomic E-state index is 0.0569. The molecule has 292 valence electrons. The molecule has 61 heavy (non-hydrogen) atoms. The Morgan fingerprint density at radius 2 is 1.18 bits per heavy atom. The summed E-state index contributed by atoms with van der Waals surface area (Å²) >= 11 is 1.91. The molecule has 13 rings (SSSR count). The van der Waals surface area contributed by atoms with Crippen LogP contribution in [0.4, 0.5) is 28.4 Å². The second-order valence-electron chi connectivity index (χ2n) is 18.8. The average Bonchev–Trinajstić information content (AvgIpc) is 3.83. The molecule has 0 bridgehead atoms. The Bertz CT molecular complexity index is 3410. The van der Waals surface area contributed by atoms with Crippen molar-refractivity contribution in [3.05, 3.63) is 181 Å². The number of thiophene rings is 1. The van der Waals surface area contributed by atoms with Crippen molar-refractivity contribution in [3.8, 4) is 16.8 Å². The van der Waals surface area contributed by atoms with Crippen molar-refractivity contribution >= 4 is 99.5 Å². The maximum Gasteiger partial charge on any atom is 0.333 e. The zero-order chi connectivity index (χ0) is 40.8. The quantitative estimate of drug-likeness (QED) is 0.164. The Kier molecular flexibility index (Phi) is 7.22. The Labute approximate surface area is 361 Å². The van der Waals surface area contributed by atoms with Gasteiger partial charge in [0.25, 0.3) is 0 Å². The molecule has 4 heterocycles. The van der Waals surface area contributed by atoms with Gasteiger partial charge in [0.05, 0.1) is 11.0 Å². The Balaban J connectivity index is 1.19. The molecule has 0 N–H and O–H groups in total. The van der Waals surface area contributed by atoms with E-state index < -0.39 is 0 Å². The van der Waals surface area contributed by atoms with E-state index in [1.54, 1.807) is 0 Å². The van der Waals surface area contributed by atoms with E-state index >= 15 is 0 Å². The van der Waals surface area contributed by atoms with Gasteiger partial charge in [-0.05, 0) is 124 Å². The van der Waals surface area contributed by atoms with Crippen LogP contribution in [-0.2, 0) is 10.8 Å². The molecule has 0 fully saturated rings. The van der Waals surface area contributed by atoms with Gasteiger partial charge < -0.3 is 14.3 Å². The first kappa shape index (κ1) is 35.2. The Morgan fingerprint density at radius 1 is 0.508 bits per heavy atom. The summed E-state index contributed by atoms with van der Waals surface area (Å²) in [7, 11) is 0. The molecule has 0 saturated heterocycles. The van der Waals surface area contributed by atoms with Crippen LogP contribution in [0, 0.1) is 0 Å². The van der Waals surface area contributed by atoms with Crippen molar-refractivity contribution in [2.45, 2.75) is 51.4 Å². The number of hydrogen-bond donors (Lipinski definition) is 0. The number of hydrogen-bond acceptors (Lipinski definition) is 3. The zero-order valence-corrected chi connectivity index (χ0v) is 35.7. The number of fused-ring (bicyclic) bond motifs is 11. The van der Waals surface area contributed by atoms with Gasteiger partial charge in [0.1, 0.15) is 0 Å². The summed E-state index contributed by atoms with van der Waals surface area (Å²) in [4.78, 5) is 5.16. The summed E-state index contributed by atoms with van der Waals surface area (Å²) in [5, 5.41) is 5.22. The van der Waals surface area contributed by atoms with Gasteiger partial charge in [-0.25, -0.2) is 0 Å². The number of anilines is 5. The predicted octanol–water partition coefficient (Wildman–Crippen LogP) is 14.2. The molecule has 1 aliphatic carbocycles. The first-order valence-corrected chi connectivity index (χ1v) is 22.6. The van der Waals surface area contributed by atoms with Crippen LogP contribution < -0.4 is 20.6 Å². The minimum Gasteiger partial charge on any atom is -0.376 e. The molecule has 0 spiro atoms. The number of rotatable bonds is 4. The molecule has 0 atom stereocenters. The van der Waals surface area contributed by atoms with Crippen LogP contribution in [0.25, 0.3) is 58.8 Å². The molecule has 2 aliphatic heterocycles. The summed E-state index contributed by atoms with van der Waals surface area (Å²) < 4.78 is 5.24. The van der Waals surface area contributed by atoms with E-state index in [9.17, 15) is 0 Å². The van der Waals surface area contributed by atoms with Crippen LogP contribution in [0.15, 0.2) is 170 Å². The zero-order valence-electron chi connectivity index (χ0n) is 34.9. The molecule has 0 saturated carbocycles. The van der Waals surface area contributed by atoms with Gasteiger partial charge in [-0.1, -0.05) is 125 Å². The summed E-state index contributed by atoms with van der Waals surface area (Å²) in [6.07, 6.45) is 2.37. The highest BCUT2D eigenvalue weighted by molar-refractivity contribution is 7.25. The van der Waals surface area contributed by atoms with Gasteiger partial charge in [0.2, 0.25) is 0 Å². The van der Waals surface area contributed by atoms with Gasteiger partial charge in [0.15, 0.2) is 0 Å². The van der Waals surface area contributed by atoms with Gasteiger partial charge in [-0.15, -0.1) is 11.3 Å². The molecule has 3 aliphatic rings. The SMILES string of the molecule is CC1(C)CCC(C)(C)c2cc(N3B4c5c(cc(N(c6ccccc6)c6ccccc6)cc5-n5c6ccccc6c6cccc4c65)-c4cc5c(cc43)sc3ccccc35)ccc21. The van der Waals surface area contributed by atoms with Gasteiger partial charge in [0, 0.05) is 70.6 Å².